The Balaban J connectivity index is -0.000000186. The van der Waals surface area contributed by atoms with Gasteiger partial charge in [0.1, 0.15) is 0 Å². The van der Waals surface area contributed by atoms with Crippen LogP contribution in [0, 0.1) is 0 Å². The molecule has 24 nitrogen and oxygen atoms in total. The van der Waals surface area contributed by atoms with Crippen molar-refractivity contribution in [2.45, 2.75) is 314 Å². The molecule has 0 bridgehead atoms. The fourth-order valence-corrected chi connectivity index (χ4v) is 11.2. The number of rotatable bonds is 60. The fourth-order valence-electron chi connectivity index (χ4n) is 6.56. The molecule has 0 aliphatic heterocycles. The largest absolute Gasteiger partial charge is 0.756 e. The van der Waals surface area contributed by atoms with E-state index in [1.54, 1.807) is 0 Å². The molecule has 0 saturated heterocycles. The van der Waals surface area contributed by atoms with Crippen molar-refractivity contribution in [3.05, 3.63) is 0 Å². The molecule has 0 unspecified atom stereocenters. The molecule has 0 rings (SSSR count). The SMILES string of the molecule is CCCCCOP(=O)([O-])OCCCCC.CCCCCOP(=O)([O-])OCCCCC.CCCCCOP(=O)([O-])OCCCCC.CCCCCOP(=O)([O-])OCCCCC.CCCCCOP(=O)([O-])OCCCCC.CCCCCOP(=O)([O-])OCCCCC.[Mo]. The maximum Gasteiger partial charge on any atom is 0.267 e. The van der Waals surface area contributed by atoms with Gasteiger partial charge in [-0.15, -0.1) is 0 Å². The Labute approximate surface area is 569 Å². The smallest absolute Gasteiger partial charge is 0.267 e. The summed E-state index contributed by atoms with van der Waals surface area (Å²) < 4.78 is 123. The molecule has 0 aromatic heterocycles. The second-order valence-electron chi connectivity index (χ2n) is 21.2. The molecule has 91 heavy (non-hydrogen) atoms. The molecule has 0 aromatic carbocycles. The van der Waals surface area contributed by atoms with Crippen molar-refractivity contribution in [2.75, 3.05) is 79.3 Å². The van der Waals surface area contributed by atoms with Crippen molar-refractivity contribution in [1.82, 2.24) is 0 Å². The van der Waals surface area contributed by atoms with Gasteiger partial charge in [-0.2, -0.15) is 0 Å². The van der Waals surface area contributed by atoms with Gasteiger partial charge >= 0.3 is 0 Å². The molecular weight excluding hydrogens is 1390 g/mol. The van der Waals surface area contributed by atoms with Crippen LogP contribution in [0.1, 0.15) is 314 Å². The maximum atomic E-state index is 11.1. The molecule has 0 amide bonds. The van der Waals surface area contributed by atoms with E-state index in [4.69, 9.17) is 0 Å². The van der Waals surface area contributed by atoms with Crippen molar-refractivity contribution in [3.63, 3.8) is 0 Å². The van der Waals surface area contributed by atoms with Crippen molar-refractivity contribution >= 4 is 46.9 Å². The first-order valence-corrected chi connectivity index (χ1v) is 43.1. The van der Waals surface area contributed by atoms with Gasteiger partial charge in [0.15, 0.2) is 0 Å². The van der Waals surface area contributed by atoms with Crippen LogP contribution in [0.25, 0.3) is 0 Å². The predicted molar refractivity (Wildman–Crippen MR) is 351 cm³/mol. The van der Waals surface area contributed by atoms with E-state index in [9.17, 15) is 56.8 Å². The van der Waals surface area contributed by atoms with Crippen LogP contribution in [-0.2, 0) is 103 Å². The predicted octanol–water partition coefficient (Wildman–Crippen LogP) is 17.2. The van der Waals surface area contributed by atoms with Crippen LogP contribution >= 0.6 is 46.9 Å². The minimum atomic E-state index is -4.02. The maximum absolute atomic E-state index is 11.1. The molecule has 0 aliphatic carbocycles. The zero-order chi connectivity index (χ0) is 69.4. The second kappa shape index (κ2) is 78.7. The number of hydrogen-bond acceptors (Lipinski definition) is 24. The number of unbranched alkanes of at least 4 members (excludes halogenated alkanes) is 24. The van der Waals surface area contributed by atoms with E-state index in [1.165, 1.54) is 0 Å². The van der Waals surface area contributed by atoms with Crippen molar-refractivity contribution < 1.29 is 132 Å². The van der Waals surface area contributed by atoms with Crippen LogP contribution in [0.15, 0.2) is 0 Å². The molecular formula is C60H132MoO24P6-6. The van der Waals surface area contributed by atoms with Gasteiger partial charge in [-0.1, -0.05) is 237 Å². The van der Waals surface area contributed by atoms with E-state index in [0.717, 1.165) is 231 Å². The first-order valence-electron chi connectivity index (χ1n) is 34.3. The molecule has 558 valence electrons. The first-order chi connectivity index (χ1) is 42.7. The van der Waals surface area contributed by atoms with E-state index < -0.39 is 46.9 Å². The molecule has 31 heteroatoms. The molecule has 0 N–H and O–H groups in total. The van der Waals surface area contributed by atoms with E-state index >= 15 is 0 Å². The van der Waals surface area contributed by atoms with Crippen molar-refractivity contribution in [1.29, 1.82) is 0 Å². The second-order valence-corrected chi connectivity index (χ2v) is 29.6. The van der Waals surface area contributed by atoms with Crippen LogP contribution in [0.4, 0.5) is 0 Å². The summed E-state index contributed by atoms with van der Waals surface area (Å²) in [6, 6.07) is 0. The minimum absolute atomic E-state index is 0. The van der Waals surface area contributed by atoms with Crippen LogP contribution < -0.4 is 29.4 Å². The normalized spacial score (nSPS) is 11.8. The zero-order valence-corrected chi connectivity index (χ0v) is 66.2. The summed E-state index contributed by atoms with van der Waals surface area (Å²) in [5, 5.41) is 0. The van der Waals surface area contributed by atoms with Gasteiger partial charge in [0.05, 0.1) is 79.3 Å². The third kappa shape index (κ3) is 100. The van der Waals surface area contributed by atoms with E-state index in [2.05, 4.69) is 137 Å². The summed E-state index contributed by atoms with van der Waals surface area (Å²) in [5.41, 5.74) is 0. The Morgan fingerprint density at radius 3 is 0.286 bits per heavy atom. The minimum Gasteiger partial charge on any atom is -0.756 e. The van der Waals surface area contributed by atoms with E-state index in [1.807, 2.05) is 0 Å². The number of phosphoric acid groups is 6. The van der Waals surface area contributed by atoms with E-state index in [-0.39, 0.29) is 100 Å². The number of phosphoric ester groups is 6. The van der Waals surface area contributed by atoms with Gasteiger partial charge < -0.3 is 83.6 Å². The average molecular weight is 1520 g/mol. The Kier molecular flexibility index (Phi) is 91.5. The van der Waals surface area contributed by atoms with Gasteiger partial charge in [0.25, 0.3) is 46.9 Å². The molecule has 0 aromatic rings. The summed E-state index contributed by atoms with van der Waals surface area (Å²) in [7, 11) is -24.1. The van der Waals surface area contributed by atoms with Crippen molar-refractivity contribution in [2.24, 2.45) is 0 Å². The Morgan fingerprint density at radius 1 is 0.165 bits per heavy atom. The summed E-state index contributed by atoms with van der Waals surface area (Å²) in [4.78, 5) is 66.8. The standard InChI is InChI=1S/6C10H23O4P.Mo/c6*1-3-5-7-9-13-15(11,12)14-10-8-6-4-2;/h6*3-10H2,1-2H3,(H,11,12);/p-6. The Hall–Kier alpha value is 1.35. The Morgan fingerprint density at radius 2 is 0.231 bits per heavy atom. The zero-order valence-electron chi connectivity index (χ0n) is 58.8. The summed E-state index contributed by atoms with van der Waals surface area (Å²) >= 11 is 0. The molecule has 0 heterocycles. The first kappa shape index (κ1) is 106. The summed E-state index contributed by atoms with van der Waals surface area (Å²) in [6.07, 6.45) is 33.5. The summed E-state index contributed by atoms with van der Waals surface area (Å²) in [5.74, 6) is 0. The van der Waals surface area contributed by atoms with Crippen LogP contribution in [0.2, 0.25) is 0 Å². The summed E-state index contributed by atoms with van der Waals surface area (Å²) in [6.45, 7) is 27.5. The van der Waals surface area contributed by atoms with Gasteiger partial charge in [0, 0.05) is 21.1 Å². The van der Waals surface area contributed by atoms with E-state index in [0.29, 0.717) is 0 Å². The monoisotopic (exact) mass is 1520 g/mol. The molecule has 0 radical (unpaired) electrons. The topological polar surface area (TPSA) is 352 Å². The molecule has 0 aliphatic rings. The molecule has 0 atom stereocenters. The number of hydrogen-bond donors (Lipinski definition) is 0. The third-order valence-corrected chi connectivity index (χ3v) is 18.0. The van der Waals surface area contributed by atoms with Gasteiger partial charge in [0.2, 0.25) is 0 Å². The van der Waals surface area contributed by atoms with Crippen LogP contribution in [0.3, 0.4) is 0 Å². The van der Waals surface area contributed by atoms with Crippen molar-refractivity contribution in [3.8, 4) is 0 Å². The van der Waals surface area contributed by atoms with Crippen LogP contribution in [0.5, 0.6) is 0 Å². The Bertz CT molecular complexity index is 1330. The molecule has 0 saturated carbocycles. The van der Waals surface area contributed by atoms with Gasteiger partial charge in [-0.3, -0.25) is 27.4 Å². The van der Waals surface area contributed by atoms with Gasteiger partial charge in [-0.25, -0.2) is 0 Å². The molecule has 0 fully saturated rings. The van der Waals surface area contributed by atoms with Gasteiger partial charge in [-0.05, 0) is 77.0 Å². The fraction of sp³-hybridized carbons (Fsp3) is 1.00. The quantitative estimate of drug-likeness (QED) is 0.0310. The molecule has 0 spiro atoms. The third-order valence-electron chi connectivity index (χ3n) is 12.0. The average Bonchev–Trinajstić information content (AvgIpc) is 3.61. The van der Waals surface area contributed by atoms with Crippen LogP contribution in [-0.4, -0.2) is 79.3 Å².